The number of ether oxygens (including phenoxy) is 2. The van der Waals surface area contributed by atoms with Crippen LogP contribution in [0.25, 0.3) is 11.6 Å². The van der Waals surface area contributed by atoms with E-state index in [9.17, 15) is 9.59 Å². The predicted molar refractivity (Wildman–Crippen MR) is 161 cm³/mol. The molecule has 2 aliphatic heterocycles. The normalized spacial score (nSPS) is 17.4. The Kier molecular flexibility index (Phi) is 9.89. The molecule has 222 valence electrons. The Bertz CT molecular complexity index is 1430. The second kappa shape index (κ2) is 14.0. The van der Waals surface area contributed by atoms with Crippen molar-refractivity contribution in [2.45, 2.75) is 38.3 Å². The minimum Gasteiger partial charge on any atom is -0.446 e. The van der Waals surface area contributed by atoms with Crippen LogP contribution in [0.5, 0.6) is 0 Å². The maximum absolute atomic E-state index is 12.0. The molecule has 2 saturated heterocycles. The van der Waals surface area contributed by atoms with Gasteiger partial charge in [-0.1, -0.05) is 23.7 Å². The second-order valence-electron chi connectivity index (χ2n) is 10.6. The van der Waals surface area contributed by atoms with Crippen molar-refractivity contribution < 1.29 is 19.1 Å². The summed E-state index contributed by atoms with van der Waals surface area (Å²) < 4.78 is 12.5. The maximum Gasteiger partial charge on any atom is 0.410 e. The number of halogens is 1. The van der Waals surface area contributed by atoms with Gasteiger partial charge in [-0.05, 0) is 46.5 Å². The van der Waals surface area contributed by atoms with E-state index < -0.39 is 0 Å². The molecule has 1 aromatic carbocycles. The van der Waals surface area contributed by atoms with Gasteiger partial charge in [0.05, 0.1) is 43.2 Å². The molecular weight excluding hydrogens is 556 g/mol. The van der Waals surface area contributed by atoms with Crippen LogP contribution in [0.1, 0.15) is 53.9 Å². The highest BCUT2D eigenvalue weighted by Crippen LogP contribution is 2.38. The van der Waals surface area contributed by atoms with Crippen molar-refractivity contribution in [2.75, 3.05) is 39.4 Å². The highest BCUT2D eigenvalue weighted by atomic mass is 35.5. The summed E-state index contributed by atoms with van der Waals surface area (Å²) in [5.74, 6) is -0.110. The molecule has 4 heterocycles. The molecule has 1 unspecified atom stereocenters. The highest BCUT2D eigenvalue weighted by Gasteiger charge is 2.27. The zero-order valence-corrected chi connectivity index (χ0v) is 24.8. The number of hydrogen-bond acceptors (Lipinski definition) is 7. The number of rotatable bonds is 4. The summed E-state index contributed by atoms with van der Waals surface area (Å²) >= 11 is 6.33. The Hall–Kier alpha value is -3.73. The maximum atomic E-state index is 12.0. The number of fused-ring (bicyclic) bond motifs is 2. The number of nitrogens with one attached hydrogen (secondary N) is 2. The monoisotopic (exact) mass is 592 g/mol. The lowest BCUT2D eigenvalue weighted by molar-refractivity contribution is -0.119. The van der Waals surface area contributed by atoms with E-state index in [4.69, 9.17) is 21.1 Å². The van der Waals surface area contributed by atoms with E-state index in [-0.39, 0.29) is 24.1 Å². The molecule has 1 aliphatic carbocycles. The fourth-order valence-electron chi connectivity index (χ4n) is 5.38. The zero-order chi connectivity index (χ0) is 29.5. The highest BCUT2D eigenvalue weighted by molar-refractivity contribution is 6.30. The fraction of sp³-hybridized carbons (Fsp3) is 0.419. The molecule has 2 N–H and O–H groups in total. The number of pyridine rings is 1. The summed E-state index contributed by atoms with van der Waals surface area (Å²) in [5, 5.41) is 6.94. The van der Waals surface area contributed by atoms with E-state index >= 15 is 0 Å². The molecule has 11 heteroatoms. The summed E-state index contributed by atoms with van der Waals surface area (Å²) in [6.07, 6.45) is 9.68. The molecule has 42 heavy (non-hydrogen) atoms. The molecule has 10 nitrogen and oxygen atoms in total. The molecule has 2 aromatic heterocycles. The van der Waals surface area contributed by atoms with Crippen LogP contribution >= 0.6 is 11.6 Å². The fourth-order valence-corrected chi connectivity index (χ4v) is 5.56. The van der Waals surface area contributed by atoms with Crippen LogP contribution in [-0.4, -0.2) is 76.9 Å². The van der Waals surface area contributed by atoms with E-state index in [0.29, 0.717) is 24.7 Å². The third-order valence-electron chi connectivity index (χ3n) is 7.60. The van der Waals surface area contributed by atoms with Crippen molar-refractivity contribution in [1.82, 2.24) is 30.1 Å². The summed E-state index contributed by atoms with van der Waals surface area (Å²) in [6.45, 7) is 6.17. The number of hydrogen-bond donors (Lipinski definition) is 2. The van der Waals surface area contributed by atoms with Crippen molar-refractivity contribution >= 4 is 35.3 Å². The second-order valence-corrected chi connectivity index (χ2v) is 11.0. The van der Waals surface area contributed by atoms with Crippen LogP contribution in [0.2, 0.25) is 5.02 Å². The van der Waals surface area contributed by atoms with Gasteiger partial charge in [-0.2, -0.15) is 0 Å². The molecule has 3 aliphatic rings. The topological polar surface area (TPSA) is 111 Å². The van der Waals surface area contributed by atoms with Gasteiger partial charge in [0.15, 0.2) is 0 Å². The molecule has 2 fully saturated rings. The van der Waals surface area contributed by atoms with Gasteiger partial charge in [0.2, 0.25) is 5.91 Å². The molecular formula is C31H37ClN6O4. The Balaban J connectivity index is 0.000000199. The molecule has 0 saturated carbocycles. The number of carbonyl (C=O) groups is 2. The van der Waals surface area contributed by atoms with Gasteiger partial charge in [0.1, 0.15) is 6.10 Å². The Morgan fingerprint density at radius 3 is 2.69 bits per heavy atom. The van der Waals surface area contributed by atoms with Crippen molar-refractivity contribution in [3.05, 3.63) is 82.2 Å². The van der Waals surface area contributed by atoms with E-state index in [1.54, 1.807) is 23.6 Å². The van der Waals surface area contributed by atoms with Crippen LogP contribution < -0.4 is 10.6 Å². The largest absolute Gasteiger partial charge is 0.446 e. The number of aromatic nitrogens is 3. The van der Waals surface area contributed by atoms with Gasteiger partial charge in [-0.3, -0.25) is 9.78 Å². The van der Waals surface area contributed by atoms with Crippen LogP contribution in [0.15, 0.2) is 49.1 Å². The van der Waals surface area contributed by atoms with Gasteiger partial charge in [-0.15, -0.1) is 0 Å². The number of piperazine rings is 1. The molecule has 0 spiro atoms. The number of imidazole rings is 1. The lowest BCUT2D eigenvalue weighted by atomic mass is 9.92. The minimum atomic E-state index is -0.349. The Labute approximate surface area is 251 Å². The van der Waals surface area contributed by atoms with Crippen LogP contribution in [-0.2, 0) is 27.7 Å². The first-order valence-electron chi connectivity index (χ1n) is 14.3. The van der Waals surface area contributed by atoms with Crippen molar-refractivity contribution in [2.24, 2.45) is 7.05 Å². The third kappa shape index (κ3) is 7.36. The van der Waals surface area contributed by atoms with Crippen molar-refractivity contribution in [3.8, 4) is 0 Å². The molecule has 2 amide bonds. The van der Waals surface area contributed by atoms with Gasteiger partial charge in [0.25, 0.3) is 0 Å². The van der Waals surface area contributed by atoms with Crippen LogP contribution in [0.4, 0.5) is 4.79 Å². The smallest absolute Gasteiger partial charge is 0.410 e. The molecule has 0 radical (unpaired) electrons. The van der Waals surface area contributed by atoms with Crippen LogP contribution in [0.3, 0.4) is 0 Å². The van der Waals surface area contributed by atoms with Gasteiger partial charge < -0.3 is 29.6 Å². The van der Waals surface area contributed by atoms with Gasteiger partial charge >= 0.3 is 6.09 Å². The standard InChI is InChI=1S/C21H19ClN4O.C10H18N2O3/c1-13(27)25-21(20-11-23-12-26(20)2)18-8-15-4-3-7-24-19(15)9-14-5-6-16(22)10-17(14)18;13-10(12-5-3-11-4-6-12)15-9-1-7-14-8-2-9/h3-8,10-12,21H,9H2,1-2H3,(H,25,27);9,11H,1-8H2. The first-order chi connectivity index (χ1) is 20.4. The van der Waals surface area contributed by atoms with E-state index in [0.717, 1.165) is 72.7 Å². The molecule has 1 atom stereocenters. The van der Waals surface area contributed by atoms with Gasteiger partial charge in [0, 0.05) is 70.6 Å². The lowest BCUT2D eigenvalue weighted by Crippen LogP contribution is -2.47. The van der Waals surface area contributed by atoms with E-state index in [1.807, 2.05) is 41.9 Å². The minimum absolute atomic E-state index is 0.0566. The van der Waals surface area contributed by atoms with Crippen molar-refractivity contribution in [3.63, 3.8) is 0 Å². The number of amides is 2. The van der Waals surface area contributed by atoms with Crippen molar-refractivity contribution in [1.29, 1.82) is 0 Å². The molecule has 0 bridgehead atoms. The summed E-state index contributed by atoms with van der Waals surface area (Å²) in [5.41, 5.74) is 6.05. The first-order valence-corrected chi connectivity index (χ1v) is 14.7. The Morgan fingerprint density at radius 2 is 1.98 bits per heavy atom. The number of carbonyl (C=O) groups excluding carboxylic acids is 2. The third-order valence-corrected chi connectivity index (χ3v) is 7.83. The number of nitrogens with zero attached hydrogens (tertiary/aromatic N) is 4. The average Bonchev–Trinajstić information content (AvgIpc) is 3.35. The molecule has 6 rings (SSSR count). The predicted octanol–water partition coefficient (Wildman–Crippen LogP) is 4.00. The zero-order valence-electron chi connectivity index (χ0n) is 24.0. The van der Waals surface area contributed by atoms with E-state index in [2.05, 4.69) is 26.7 Å². The SMILES string of the molecule is CC(=O)NC(C1=Cc2cccnc2Cc2ccc(Cl)cc21)c1cncn1C.O=C(OC1CCOCC1)N1CCNCC1. The number of aryl methyl sites for hydroxylation is 1. The molecule has 3 aromatic rings. The lowest BCUT2D eigenvalue weighted by Gasteiger charge is -2.30. The summed E-state index contributed by atoms with van der Waals surface area (Å²) in [4.78, 5) is 34.3. The summed E-state index contributed by atoms with van der Waals surface area (Å²) in [6, 6.07) is 9.50. The summed E-state index contributed by atoms with van der Waals surface area (Å²) in [7, 11) is 1.92. The quantitative estimate of drug-likeness (QED) is 0.471. The van der Waals surface area contributed by atoms with Gasteiger partial charge in [-0.25, -0.2) is 9.78 Å². The van der Waals surface area contributed by atoms with Crippen LogP contribution in [0, 0.1) is 0 Å². The van der Waals surface area contributed by atoms with E-state index in [1.165, 1.54) is 6.92 Å². The number of benzene rings is 1. The first kappa shape index (κ1) is 29.8. The average molecular weight is 593 g/mol. The Morgan fingerprint density at radius 1 is 1.19 bits per heavy atom.